The van der Waals surface area contributed by atoms with Crippen LogP contribution in [0.25, 0.3) is 10.2 Å². The molecular formula is C16H17N5OS2. The van der Waals surface area contributed by atoms with E-state index in [4.69, 9.17) is 0 Å². The molecule has 1 unspecified atom stereocenters. The number of anilines is 1. The van der Waals surface area contributed by atoms with Crippen LogP contribution in [0, 0.1) is 20.8 Å². The summed E-state index contributed by atoms with van der Waals surface area (Å²) in [6.07, 6.45) is 3.18. The van der Waals surface area contributed by atoms with Gasteiger partial charge >= 0.3 is 0 Å². The molecule has 0 aliphatic rings. The number of aromatic nitrogens is 4. The van der Waals surface area contributed by atoms with Gasteiger partial charge in [-0.3, -0.25) is 10.1 Å². The van der Waals surface area contributed by atoms with Crippen LogP contribution in [0.2, 0.25) is 0 Å². The Bertz CT molecular complexity index is 894. The molecule has 0 aliphatic carbocycles. The van der Waals surface area contributed by atoms with Gasteiger partial charge in [-0.2, -0.15) is 0 Å². The Balaban J connectivity index is 1.85. The fraction of sp³-hybridized carbons (Fsp3) is 0.312. The smallest absolute Gasteiger partial charge is 0.239 e. The molecule has 8 heteroatoms. The van der Waals surface area contributed by atoms with Crippen LogP contribution >= 0.6 is 23.1 Å². The topological polar surface area (TPSA) is 80.7 Å². The number of thiophene rings is 1. The van der Waals surface area contributed by atoms with Crippen LogP contribution in [-0.2, 0) is 4.79 Å². The van der Waals surface area contributed by atoms with Gasteiger partial charge in [0.2, 0.25) is 11.9 Å². The van der Waals surface area contributed by atoms with Crippen molar-refractivity contribution in [2.45, 2.75) is 38.0 Å². The van der Waals surface area contributed by atoms with Crippen LogP contribution in [0.4, 0.5) is 5.95 Å². The second kappa shape index (κ2) is 6.82. The highest BCUT2D eigenvalue weighted by molar-refractivity contribution is 8.00. The summed E-state index contributed by atoms with van der Waals surface area (Å²) in [5.74, 6) is 0.868. The number of rotatable bonds is 4. The van der Waals surface area contributed by atoms with Gasteiger partial charge in [-0.1, -0.05) is 11.8 Å². The van der Waals surface area contributed by atoms with E-state index in [2.05, 4.69) is 39.1 Å². The van der Waals surface area contributed by atoms with Gasteiger partial charge < -0.3 is 0 Å². The standard InChI is InChI=1S/C16H17N5OS2/c1-8-9(2)23-14-12(8)15(20-11(4)19-14)24-10(3)13(22)21-16-17-6-5-7-18-16/h5-7,10H,1-4H3,(H,17,18,21,22). The minimum absolute atomic E-state index is 0.153. The van der Waals surface area contributed by atoms with E-state index in [1.807, 2.05) is 13.8 Å². The number of hydrogen-bond acceptors (Lipinski definition) is 7. The van der Waals surface area contributed by atoms with Crippen molar-refractivity contribution in [1.29, 1.82) is 0 Å². The lowest BCUT2D eigenvalue weighted by molar-refractivity contribution is -0.115. The number of nitrogens with zero attached hydrogens (tertiary/aromatic N) is 4. The molecular weight excluding hydrogens is 342 g/mol. The van der Waals surface area contributed by atoms with Gasteiger partial charge in [-0.25, -0.2) is 19.9 Å². The van der Waals surface area contributed by atoms with E-state index in [9.17, 15) is 4.79 Å². The average Bonchev–Trinajstić information content (AvgIpc) is 2.82. The van der Waals surface area contributed by atoms with Crippen LogP contribution < -0.4 is 5.32 Å². The van der Waals surface area contributed by atoms with Crippen molar-refractivity contribution < 1.29 is 4.79 Å². The molecule has 124 valence electrons. The Labute approximate surface area is 148 Å². The zero-order valence-corrected chi connectivity index (χ0v) is 15.5. The summed E-state index contributed by atoms with van der Waals surface area (Å²) in [4.78, 5) is 31.7. The quantitative estimate of drug-likeness (QED) is 0.567. The van der Waals surface area contributed by atoms with E-state index in [0.717, 1.165) is 15.2 Å². The molecule has 1 atom stereocenters. The molecule has 3 aromatic rings. The Morgan fingerprint density at radius 2 is 1.92 bits per heavy atom. The molecule has 6 nitrogen and oxygen atoms in total. The van der Waals surface area contributed by atoms with Crippen molar-refractivity contribution in [3.63, 3.8) is 0 Å². The van der Waals surface area contributed by atoms with Gasteiger partial charge in [0, 0.05) is 22.7 Å². The Kier molecular flexibility index (Phi) is 4.77. The van der Waals surface area contributed by atoms with Crippen molar-refractivity contribution in [3.8, 4) is 0 Å². The van der Waals surface area contributed by atoms with E-state index in [-0.39, 0.29) is 11.2 Å². The molecule has 0 aromatic carbocycles. The Morgan fingerprint density at radius 1 is 1.21 bits per heavy atom. The van der Waals surface area contributed by atoms with Crippen LogP contribution in [0.5, 0.6) is 0 Å². The number of carbonyl (C=O) groups is 1. The number of aryl methyl sites for hydroxylation is 3. The third-order valence-electron chi connectivity index (χ3n) is 3.57. The SMILES string of the molecule is Cc1nc(SC(C)C(=O)Nc2ncccn2)c2c(C)c(C)sc2n1. The van der Waals surface area contributed by atoms with Gasteiger partial charge in [-0.15, -0.1) is 11.3 Å². The summed E-state index contributed by atoms with van der Waals surface area (Å²) in [5.41, 5.74) is 1.18. The first-order valence-electron chi connectivity index (χ1n) is 7.44. The van der Waals surface area contributed by atoms with E-state index in [1.54, 1.807) is 29.8 Å². The Hall–Kier alpha value is -2.06. The number of carbonyl (C=O) groups excluding carboxylic acids is 1. The van der Waals surface area contributed by atoms with Crippen molar-refractivity contribution in [3.05, 3.63) is 34.7 Å². The van der Waals surface area contributed by atoms with E-state index < -0.39 is 0 Å². The predicted octanol–water partition coefficient (Wildman–Crippen LogP) is 3.53. The summed E-state index contributed by atoms with van der Waals surface area (Å²) < 4.78 is 0. The molecule has 0 spiro atoms. The number of thioether (sulfide) groups is 1. The van der Waals surface area contributed by atoms with Crippen molar-refractivity contribution in [1.82, 2.24) is 19.9 Å². The highest BCUT2D eigenvalue weighted by Gasteiger charge is 2.20. The van der Waals surface area contributed by atoms with Gasteiger partial charge in [0.1, 0.15) is 15.7 Å². The van der Waals surface area contributed by atoms with Crippen molar-refractivity contribution in [2.75, 3.05) is 5.32 Å². The Morgan fingerprint density at radius 3 is 2.62 bits per heavy atom. The normalized spacial score (nSPS) is 12.3. The zero-order valence-electron chi connectivity index (χ0n) is 13.8. The molecule has 0 saturated heterocycles. The summed E-state index contributed by atoms with van der Waals surface area (Å²) in [7, 11) is 0. The van der Waals surface area contributed by atoms with Crippen LogP contribution in [-0.4, -0.2) is 31.1 Å². The molecule has 3 aromatic heterocycles. The summed E-state index contributed by atoms with van der Waals surface area (Å²) >= 11 is 3.09. The molecule has 0 fully saturated rings. The molecule has 0 saturated carbocycles. The maximum absolute atomic E-state index is 12.4. The van der Waals surface area contributed by atoms with Crippen LogP contribution in [0.3, 0.4) is 0 Å². The van der Waals surface area contributed by atoms with E-state index in [0.29, 0.717) is 11.8 Å². The lowest BCUT2D eigenvalue weighted by Crippen LogP contribution is -2.23. The van der Waals surface area contributed by atoms with Crippen molar-refractivity contribution >= 4 is 45.2 Å². The molecule has 24 heavy (non-hydrogen) atoms. The summed E-state index contributed by atoms with van der Waals surface area (Å²) in [6.45, 7) is 7.87. The first-order valence-corrected chi connectivity index (χ1v) is 9.14. The first kappa shape index (κ1) is 16.8. The van der Waals surface area contributed by atoms with Crippen molar-refractivity contribution in [2.24, 2.45) is 0 Å². The molecule has 3 heterocycles. The zero-order chi connectivity index (χ0) is 17.3. The highest BCUT2D eigenvalue weighted by Crippen LogP contribution is 2.36. The third kappa shape index (κ3) is 3.39. The second-order valence-electron chi connectivity index (χ2n) is 5.36. The molecule has 0 bridgehead atoms. The van der Waals surface area contributed by atoms with E-state index >= 15 is 0 Å². The van der Waals surface area contributed by atoms with Crippen LogP contribution in [0.1, 0.15) is 23.2 Å². The number of fused-ring (bicyclic) bond motifs is 1. The number of hydrogen-bond donors (Lipinski definition) is 1. The van der Waals surface area contributed by atoms with Gasteiger partial charge in [0.05, 0.1) is 5.25 Å². The first-order chi connectivity index (χ1) is 11.5. The monoisotopic (exact) mass is 359 g/mol. The minimum Gasteiger partial charge on any atom is -0.294 e. The molecule has 1 N–H and O–H groups in total. The largest absolute Gasteiger partial charge is 0.294 e. The molecule has 0 aliphatic heterocycles. The van der Waals surface area contributed by atoms with E-state index in [1.165, 1.54) is 22.2 Å². The molecule has 1 amide bonds. The number of nitrogens with one attached hydrogen (secondary N) is 1. The summed E-state index contributed by atoms with van der Waals surface area (Å²) in [6, 6.07) is 1.70. The molecule has 3 rings (SSSR count). The second-order valence-corrected chi connectivity index (χ2v) is 7.89. The van der Waals surface area contributed by atoms with Gasteiger partial charge in [0.25, 0.3) is 0 Å². The maximum atomic E-state index is 12.4. The average molecular weight is 359 g/mol. The maximum Gasteiger partial charge on any atom is 0.239 e. The lowest BCUT2D eigenvalue weighted by Gasteiger charge is -2.12. The fourth-order valence-corrected chi connectivity index (χ4v) is 4.39. The fourth-order valence-electron chi connectivity index (χ4n) is 2.20. The molecule has 0 radical (unpaired) electrons. The third-order valence-corrected chi connectivity index (χ3v) is 5.75. The van der Waals surface area contributed by atoms with Gasteiger partial charge in [-0.05, 0) is 39.3 Å². The van der Waals surface area contributed by atoms with Gasteiger partial charge in [0.15, 0.2) is 0 Å². The van der Waals surface area contributed by atoms with Crippen LogP contribution in [0.15, 0.2) is 23.5 Å². The highest BCUT2D eigenvalue weighted by atomic mass is 32.2. The minimum atomic E-state index is -0.328. The predicted molar refractivity (Wildman–Crippen MR) is 97.6 cm³/mol. The summed E-state index contributed by atoms with van der Waals surface area (Å²) in [5, 5.41) is 4.28. The lowest BCUT2D eigenvalue weighted by atomic mass is 10.2. The number of amides is 1.